The van der Waals surface area contributed by atoms with E-state index in [0.29, 0.717) is 12.2 Å². The van der Waals surface area contributed by atoms with Crippen molar-refractivity contribution in [3.8, 4) is 5.75 Å². The molecule has 1 nitrogen and oxygen atoms in total. The standard InChI is InChI=1S/C33H44O/c1-22(27-20-26(32(5,6)7)21-29(30(27)34)33(8,9)10)18-24-16-17-25(31(2,3)4)19-28(24)23-14-12-11-13-15-23/h11-12,14,16-17,19-21,34H,1,13,15,18H2,2-10H3. The van der Waals surface area contributed by atoms with Gasteiger partial charge in [0.25, 0.3) is 0 Å². The Labute approximate surface area is 208 Å². The predicted molar refractivity (Wildman–Crippen MR) is 150 cm³/mol. The fourth-order valence-corrected chi connectivity index (χ4v) is 4.56. The summed E-state index contributed by atoms with van der Waals surface area (Å²) < 4.78 is 0. The molecule has 0 aromatic heterocycles. The summed E-state index contributed by atoms with van der Waals surface area (Å²) >= 11 is 0. The van der Waals surface area contributed by atoms with E-state index in [9.17, 15) is 5.11 Å². The van der Waals surface area contributed by atoms with Crippen LogP contribution in [0.4, 0.5) is 0 Å². The molecule has 0 amide bonds. The molecule has 0 heterocycles. The van der Waals surface area contributed by atoms with Crippen molar-refractivity contribution in [3.05, 3.63) is 88.5 Å². The zero-order valence-corrected chi connectivity index (χ0v) is 22.9. The highest BCUT2D eigenvalue weighted by atomic mass is 16.3. The largest absolute Gasteiger partial charge is 0.507 e. The van der Waals surface area contributed by atoms with Crippen molar-refractivity contribution >= 4 is 11.1 Å². The Bertz CT molecular complexity index is 1130. The smallest absolute Gasteiger partial charge is 0.126 e. The minimum atomic E-state index is -0.154. The molecule has 1 aliphatic rings. The van der Waals surface area contributed by atoms with Crippen molar-refractivity contribution in [2.24, 2.45) is 0 Å². The van der Waals surface area contributed by atoms with Gasteiger partial charge in [0, 0.05) is 11.1 Å². The second-order valence-electron chi connectivity index (χ2n) is 13.0. The van der Waals surface area contributed by atoms with Gasteiger partial charge in [-0.1, -0.05) is 111 Å². The van der Waals surface area contributed by atoms with Gasteiger partial charge in [0.15, 0.2) is 0 Å². The van der Waals surface area contributed by atoms with E-state index in [4.69, 9.17) is 0 Å². The number of allylic oxidation sites excluding steroid dienone is 5. The Morgan fingerprint density at radius 2 is 1.50 bits per heavy atom. The normalized spacial score (nSPS) is 14.8. The van der Waals surface area contributed by atoms with Gasteiger partial charge in [-0.15, -0.1) is 0 Å². The van der Waals surface area contributed by atoms with Crippen LogP contribution in [0.15, 0.2) is 55.1 Å². The SMILES string of the molecule is C=C(Cc1ccc(C(C)(C)C)cc1C1=CC=CCC1)c1cc(C(C)(C)C)cc(C(C)(C)C)c1O. The first-order valence-corrected chi connectivity index (χ1v) is 12.6. The van der Waals surface area contributed by atoms with E-state index < -0.39 is 0 Å². The molecule has 0 atom stereocenters. The lowest BCUT2D eigenvalue weighted by molar-refractivity contribution is 0.443. The number of phenols is 1. The molecule has 0 saturated carbocycles. The molecule has 0 spiro atoms. The molecule has 3 rings (SSSR count). The molecule has 1 N–H and O–H groups in total. The van der Waals surface area contributed by atoms with Crippen molar-refractivity contribution in [2.75, 3.05) is 0 Å². The quantitative estimate of drug-likeness (QED) is 0.486. The zero-order valence-electron chi connectivity index (χ0n) is 22.9. The van der Waals surface area contributed by atoms with Gasteiger partial charge in [-0.25, -0.2) is 0 Å². The highest BCUT2D eigenvalue weighted by Gasteiger charge is 2.26. The van der Waals surface area contributed by atoms with E-state index in [2.05, 4.69) is 117 Å². The third-order valence-electron chi connectivity index (χ3n) is 6.90. The number of benzene rings is 2. The van der Waals surface area contributed by atoms with Crippen LogP contribution in [0.1, 0.15) is 109 Å². The number of hydrogen-bond acceptors (Lipinski definition) is 1. The Kier molecular flexibility index (Phi) is 7.09. The van der Waals surface area contributed by atoms with E-state index in [1.165, 1.54) is 27.8 Å². The summed E-state index contributed by atoms with van der Waals surface area (Å²) in [4.78, 5) is 0. The van der Waals surface area contributed by atoms with Gasteiger partial charge in [-0.2, -0.15) is 0 Å². The molecule has 0 unspecified atom stereocenters. The van der Waals surface area contributed by atoms with Crippen LogP contribution in [0.25, 0.3) is 11.1 Å². The maximum absolute atomic E-state index is 11.4. The number of hydrogen-bond donors (Lipinski definition) is 1. The van der Waals surface area contributed by atoms with Gasteiger partial charge < -0.3 is 5.11 Å². The summed E-state index contributed by atoms with van der Waals surface area (Å²) in [7, 11) is 0. The molecule has 34 heavy (non-hydrogen) atoms. The van der Waals surface area contributed by atoms with Gasteiger partial charge >= 0.3 is 0 Å². The minimum Gasteiger partial charge on any atom is -0.507 e. The molecule has 0 aliphatic heterocycles. The Hall–Kier alpha value is -2.54. The van der Waals surface area contributed by atoms with Gasteiger partial charge in [0.2, 0.25) is 0 Å². The molecule has 0 saturated heterocycles. The summed E-state index contributed by atoms with van der Waals surface area (Å²) in [6.45, 7) is 24.5. The van der Waals surface area contributed by atoms with Crippen molar-refractivity contribution in [3.63, 3.8) is 0 Å². The van der Waals surface area contributed by atoms with Crippen LogP contribution in [0.3, 0.4) is 0 Å². The molecule has 182 valence electrons. The monoisotopic (exact) mass is 456 g/mol. The summed E-state index contributed by atoms with van der Waals surface area (Å²) in [5, 5.41) is 11.4. The molecule has 2 aromatic carbocycles. The van der Waals surface area contributed by atoms with Crippen molar-refractivity contribution in [1.29, 1.82) is 0 Å². The maximum atomic E-state index is 11.4. The molecular formula is C33H44O. The van der Waals surface area contributed by atoms with Crippen LogP contribution >= 0.6 is 0 Å². The van der Waals surface area contributed by atoms with E-state index >= 15 is 0 Å². The van der Waals surface area contributed by atoms with Crippen molar-refractivity contribution in [2.45, 2.75) is 97.8 Å². The molecule has 1 heteroatoms. The second-order valence-corrected chi connectivity index (χ2v) is 13.0. The summed E-state index contributed by atoms with van der Waals surface area (Å²) in [6.07, 6.45) is 9.52. The predicted octanol–water partition coefficient (Wildman–Crippen LogP) is 9.27. The number of aromatic hydroxyl groups is 1. The fraction of sp³-hybridized carbons (Fsp3) is 0.455. The van der Waals surface area contributed by atoms with E-state index in [1.807, 2.05) is 0 Å². The molecule has 0 radical (unpaired) electrons. The van der Waals surface area contributed by atoms with Crippen LogP contribution in [0, 0.1) is 0 Å². The Morgan fingerprint density at radius 1 is 0.853 bits per heavy atom. The number of phenolic OH excluding ortho intramolecular Hbond substituents is 1. The molecule has 1 aliphatic carbocycles. The lowest BCUT2D eigenvalue weighted by Crippen LogP contribution is -2.17. The fourth-order valence-electron chi connectivity index (χ4n) is 4.56. The highest BCUT2D eigenvalue weighted by Crippen LogP contribution is 2.41. The lowest BCUT2D eigenvalue weighted by atomic mass is 9.77. The lowest BCUT2D eigenvalue weighted by Gasteiger charge is -2.28. The van der Waals surface area contributed by atoms with Crippen LogP contribution in [0.5, 0.6) is 5.75 Å². The molecular weight excluding hydrogens is 412 g/mol. The van der Waals surface area contributed by atoms with Crippen molar-refractivity contribution in [1.82, 2.24) is 0 Å². The Balaban J connectivity index is 2.11. The third kappa shape index (κ3) is 5.74. The average Bonchev–Trinajstić information content (AvgIpc) is 2.72. The van der Waals surface area contributed by atoms with Crippen LogP contribution < -0.4 is 0 Å². The van der Waals surface area contributed by atoms with Gasteiger partial charge in [-0.3, -0.25) is 0 Å². The zero-order chi connectivity index (χ0) is 25.5. The minimum absolute atomic E-state index is 0.0124. The first-order chi connectivity index (χ1) is 15.6. The number of rotatable bonds is 4. The molecule has 2 aromatic rings. The van der Waals surface area contributed by atoms with Gasteiger partial charge in [0.1, 0.15) is 5.75 Å². The van der Waals surface area contributed by atoms with Crippen LogP contribution in [-0.4, -0.2) is 5.11 Å². The summed E-state index contributed by atoms with van der Waals surface area (Å²) in [5.41, 5.74) is 9.31. The summed E-state index contributed by atoms with van der Waals surface area (Å²) in [5.74, 6) is 0.373. The topological polar surface area (TPSA) is 20.2 Å². The van der Waals surface area contributed by atoms with Crippen LogP contribution in [0.2, 0.25) is 0 Å². The molecule has 0 bridgehead atoms. The van der Waals surface area contributed by atoms with Crippen molar-refractivity contribution < 1.29 is 5.11 Å². The third-order valence-corrected chi connectivity index (χ3v) is 6.90. The van der Waals surface area contributed by atoms with Gasteiger partial charge in [-0.05, 0) is 75.0 Å². The van der Waals surface area contributed by atoms with E-state index in [1.54, 1.807) is 0 Å². The molecule has 0 fully saturated rings. The first kappa shape index (κ1) is 26.1. The highest BCUT2D eigenvalue weighted by molar-refractivity contribution is 5.77. The average molecular weight is 457 g/mol. The van der Waals surface area contributed by atoms with Gasteiger partial charge in [0.05, 0.1) is 0 Å². The second kappa shape index (κ2) is 9.25. The van der Waals surface area contributed by atoms with Crippen LogP contribution in [-0.2, 0) is 22.7 Å². The summed E-state index contributed by atoms with van der Waals surface area (Å²) in [6, 6.07) is 11.2. The first-order valence-electron chi connectivity index (χ1n) is 12.6. The van der Waals surface area contributed by atoms with E-state index in [0.717, 1.165) is 29.5 Å². The maximum Gasteiger partial charge on any atom is 0.126 e. The van der Waals surface area contributed by atoms with E-state index in [-0.39, 0.29) is 16.2 Å². The Morgan fingerprint density at radius 3 is 2.03 bits per heavy atom.